The van der Waals surface area contributed by atoms with Gasteiger partial charge in [-0.1, -0.05) is 19.8 Å². The molecule has 0 unspecified atom stereocenters. The number of amides is 1. The maximum atomic E-state index is 13.0. The fraction of sp³-hybridized carbons (Fsp3) is 0.588. The molecule has 3 atom stereocenters. The number of benzene rings is 1. The summed E-state index contributed by atoms with van der Waals surface area (Å²) in [5.41, 5.74) is 2.30. The van der Waals surface area contributed by atoms with E-state index in [0.29, 0.717) is 12.0 Å². The fourth-order valence-corrected chi connectivity index (χ4v) is 4.30. The summed E-state index contributed by atoms with van der Waals surface area (Å²) in [5.74, 6) is 1.59. The first kappa shape index (κ1) is 13.7. The summed E-state index contributed by atoms with van der Waals surface area (Å²) < 4.78 is 0. The van der Waals surface area contributed by atoms with E-state index in [-0.39, 0.29) is 5.91 Å². The zero-order valence-electron chi connectivity index (χ0n) is 13.0. The fourth-order valence-electron chi connectivity index (χ4n) is 4.30. The molecule has 1 amide bonds. The number of piperidine rings is 1. The highest BCUT2D eigenvalue weighted by molar-refractivity contribution is 5.97. The van der Waals surface area contributed by atoms with E-state index in [9.17, 15) is 4.79 Å². The van der Waals surface area contributed by atoms with E-state index < -0.39 is 0 Å². The smallest absolute Gasteiger partial charge is 0.254 e. The molecular formula is C17H22N4O. The number of rotatable bonds is 1. The van der Waals surface area contributed by atoms with Crippen LogP contribution in [0.3, 0.4) is 0 Å². The predicted octanol–water partition coefficient (Wildman–Crippen LogP) is 3.00. The minimum absolute atomic E-state index is 0.161. The van der Waals surface area contributed by atoms with Gasteiger partial charge in [0.2, 0.25) is 0 Å². The number of aromatic nitrogens is 3. The number of carbonyl (C=O) groups excluding carboxylic acids is 1. The Kier molecular flexibility index (Phi) is 3.36. The summed E-state index contributed by atoms with van der Waals surface area (Å²) >= 11 is 0. The molecule has 2 aliphatic rings. The first-order chi connectivity index (χ1) is 10.7. The van der Waals surface area contributed by atoms with Crippen molar-refractivity contribution in [3.63, 3.8) is 0 Å². The molecule has 1 aliphatic heterocycles. The lowest BCUT2D eigenvalue weighted by Crippen LogP contribution is -2.52. The molecular weight excluding hydrogens is 276 g/mol. The van der Waals surface area contributed by atoms with Crippen LogP contribution in [0.25, 0.3) is 11.0 Å². The van der Waals surface area contributed by atoms with Crippen LogP contribution in [0.1, 0.15) is 49.4 Å². The Balaban J connectivity index is 1.63. The van der Waals surface area contributed by atoms with Gasteiger partial charge < -0.3 is 4.90 Å². The molecule has 2 aromatic rings. The monoisotopic (exact) mass is 298 g/mol. The van der Waals surface area contributed by atoms with Crippen LogP contribution in [0.15, 0.2) is 18.2 Å². The average molecular weight is 298 g/mol. The average Bonchev–Trinajstić information content (AvgIpc) is 3.02. The Morgan fingerprint density at radius 3 is 2.91 bits per heavy atom. The van der Waals surface area contributed by atoms with Gasteiger partial charge in [-0.2, -0.15) is 15.4 Å². The van der Waals surface area contributed by atoms with Gasteiger partial charge in [-0.15, -0.1) is 0 Å². The molecule has 1 aromatic heterocycles. The second-order valence-corrected chi connectivity index (χ2v) is 6.81. The molecule has 1 N–H and O–H groups in total. The highest BCUT2D eigenvalue weighted by Crippen LogP contribution is 2.39. The van der Waals surface area contributed by atoms with Gasteiger partial charge in [-0.25, -0.2) is 0 Å². The summed E-state index contributed by atoms with van der Waals surface area (Å²) in [6.45, 7) is 3.24. The van der Waals surface area contributed by atoms with Crippen LogP contribution < -0.4 is 0 Å². The van der Waals surface area contributed by atoms with Gasteiger partial charge in [-0.05, 0) is 49.3 Å². The van der Waals surface area contributed by atoms with Crippen molar-refractivity contribution in [2.24, 2.45) is 11.8 Å². The van der Waals surface area contributed by atoms with E-state index in [2.05, 4.69) is 27.2 Å². The first-order valence-corrected chi connectivity index (χ1v) is 8.35. The number of hydrogen-bond acceptors (Lipinski definition) is 3. The van der Waals surface area contributed by atoms with Crippen molar-refractivity contribution in [3.05, 3.63) is 23.8 Å². The van der Waals surface area contributed by atoms with Crippen molar-refractivity contribution < 1.29 is 4.79 Å². The van der Waals surface area contributed by atoms with Crippen LogP contribution in [-0.4, -0.2) is 38.8 Å². The van der Waals surface area contributed by atoms with Crippen molar-refractivity contribution in [2.45, 2.75) is 45.1 Å². The number of likely N-dealkylation sites (tertiary alicyclic amines) is 1. The van der Waals surface area contributed by atoms with E-state index >= 15 is 0 Å². The number of hydrogen-bond donors (Lipinski definition) is 1. The zero-order chi connectivity index (χ0) is 15.1. The van der Waals surface area contributed by atoms with E-state index in [0.717, 1.165) is 41.9 Å². The lowest BCUT2D eigenvalue weighted by molar-refractivity contribution is 0.0218. The summed E-state index contributed by atoms with van der Waals surface area (Å²) in [6.07, 6.45) is 6.13. The molecule has 0 radical (unpaired) electrons. The normalized spacial score (nSPS) is 28.6. The van der Waals surface area contributed by atoms with Crippen molar-refractivity contribution in [1.29, 1.82) is 0 Å². The van der Waals surface area contributed by atoms with Crippen LogP contribution in [-0.2, 0) is 0 Å². The molecule has 5 nitrogen and oxygen atoms in total. The van der Waals surface area contributed by atoms with Crippen LogP contribution in [0.5, 0.6) is 0 Å². The van der Waals surface area contributed by atoms with Gasteiger partial charge in [0, 0.05) is 18.2 Å². The van der Waals surface area contributed by atoms with Crippen LogP contribution in [0.2, 0.25) is 0 Å². The minimum Gasteiger partial charge on any atom is -0.335 e. The maximum Gasteiger partial charge on any atom is 0.254 e. The van der Waals surface area contributed by atoms with Crippen molar-refractivity contribution in [2.75, 3.05) is 6.54 Å². The number of aromatic amines is 1. The minimum atomic E-state index is 0.161. The van der Waals surface area contributed by atoms with Gasteiger partial charge in [0.25, 0.3) is 5.91 Å². The molecule has 1 saturated carbocycles. The van der Waals surface area contributed by atoms with Gasteiger partial charge >= 0.3 is 0 Å². The summed E-state index contributed by atoms with van der Waals surface area (Å²) in [4.78, 5) is 15.1. The van der Waals surface area contributed by atoms with Gasteiger partial charge in [0.05, 0.1) is 0 Å². The Hall–Kier alpha value is -1.91. The third-order valence-electron chi connectivity index (χ3n) is 5.56. The second-order valence-electron chi connectivity index (χ2n) is 6.81. The second kappa shape index (κ2) is 5.38. The highest BCUT2D eigenvalue weighted by atomic mass is 16.2. The Morgan fingerprint density at radius 2 is 2.00 bits per heavy atom. The van der Waals surface area contributed by atoms with Crippen LogP contribution >= 0.6 is 0 Å². The standard InChI is InChI=1S/C17H22N4O/c1-11-8-9-21(16-5-3-2-4-13(11)16)17(22)12-6-7-14-15(10-12)19-20-18-14/h6-7,10-11,13,16H,2-5,8-9H2,1H3,(H,18,19,20)/t11-,13-,16+/m1/s1. The highest BCUT2D eigenvalue weighted by Gasteiger charge is 2.39. The topological polar surface area (TPSA) is 61.9 Å². The molecule has 1 aliphatic carbocycles. The Morgan fingerprint density at radius 1 is 1.18 bits per heavy atom. The number of H-pyrrole nitrogens is 1. The Labute approximate surface area is 130 Å². The first-order valence-electron chi connectivity index (χ1n) is 8.35. The van der Waals surface area contributed by atoms with Gasteiger partial charge in [-0.3, -0.25) is 4.79 Å². The zero-order valence-corrected chi connectivity index (χ0v) is 13.0. The molecule has 2 fully saturated rings. The molecule has 1 saturated heterocycles. The number of fused-ring (bicyclic) bond motifs is 2. The largest absolute Gasteiger partial charge is 0.335 e. The van der Waals surface area contributed by atoms with E-state index in [1.165, 1.54) is 19.3 Å². The summed E-state index contributed by atoms with van der Waals surface area (Å²) in [5, 5.41) is 10.7. The summed E-state index contributed by atoms with van der Waals surface area (Å²) in [7, 11) is 0. The van der Waals surface area contributed by atoms with E-state index in [1.54, 1.807) is 0 Å². The number of carbonyl (C=O) groups is 1. The number of nitrogens with zero attached hydrogens (tertiary/aromatic N) is 3. The lowest BCUT2D eigenvalue weighted by Gasteiger charge is -2.47. The maximum absolute atomic E-state index is 13.0. The molecule has 1 aromatic carbocycles. The third-order valence-corrected chi connectivity index (χ3v) is 5.56. The predicted molar refractivity (Wildman–Crippen MR) is 84.5 cm³/mol. The van der Waals surface area contributed by atoms with Crippen LogP contribution in [0.4, 0.5) is 0 Å². The van der Waals surface area contributed by atoms with Crippen LogP contribution in [0, 0.1) is 11.8 Å². The van der Waals surface area contributed by atoms with Gasteiger partial charge in [0.1, 0.15) is 11.0 Å². The SMILES string of the molecule is C[C@@H]1CCN(C(=O)c2ccc3n[nH]nc3c2)[C@H]2CCCC[C@H]12. The molecule has 5 heteroatoms. The molecule has 2 heterocycles. The molecule has 116 valence electrons. The molecule has 0 bridgehead atoms. The van der Waals surface area contributed by atoms with Gasteiger partial charge in [0.15, 0.2) is 0 Å². The third kappa shape index (κ3) is 2.19. The lowest BCUT2D eigenvalue weighted by atomic mass is 9.72. The van der Waals surface area contributed by atoms with Crippen molar-refractivity contribution >= 4 is 16.9 Å². The molecule has 22 heavy (non-hydrogen) atoms. The van der Waals surface area contributed by atoms with Crippen molar-refractivity contribution in [3.8, 4) is 0 Å². The van der Waals surface area contributed by atoms with E-state index in [1.807, 2.05) is 18.2 Å². The summed E-state index contributed by atoms with van der Waals surface area (Å²) in [6, 6.07) is 6.04. The number of nitrogens with one attached hydrogen (secondary N) is 1. The molecule has 0 spiro atoms. The quantitative estimate of drug-likeness (QED) is 0.880. The van der Waals surface area contributed by atoms with E-state index in [4.69, 9.17) is 0 Å². The van der Waals surface area contributed by atoms with Crippen molar-refractivity contribution in [1.82, 2.24) is 20.3 Å². The Bertz CT molecular complexity index is 695. The molecule has 4 rings (SSSR count).